The molecule has 1 heterocycles. The molecule has 0 fully saturated rings. The van der Waals surface area contributed by atoms with Crippen molar-refractivity contribution in [2.24, 2.45) is 0 Å². The van der Waals surface area contributed by atoms with Crippen LogP contribution in [0.3, 0.4) is 0 Å². The van der Waals surface area contributed by atoms with E-state index in [-0.39, 0.29) is 17.2 Å². The summed E-state index contributed by atoms with van der Waals surface area (Å²) in [6.45, 7) is 3.33. The van der Waals surface area contributed by atoms with E-state index in [1.807, 2.05) is 0 Å². The lowest BCUT2D eigenvalue weighted by Gasteiger charge is -2.33. The summed E-state index contributed by atoms with van der Waals surface area (Å²) in [5.74, 6) is -0.789. The predicted octanol–water partition coefficient (Wildman–Crippen LogP) is 1.68. The molecule has 0 unspecified atom stereocenters. The van der Waals surface area contributed by atoms with Gasteiger partial charge in [-0.2, -0.15) is 0 Å². The molecule has 1 N–H and O–H groups in total. The number of para-hydroxylation sites is 1. The second-order valence-electron chi connectivity index (χ2n) is 3.68. The third-order valence-electron chi connectivity index (χ3n) is 1.98. The van der Waals surface area contributed by atoms with Gasteiger partial charge < -0.3 is 10.1 Å². The van der Waals surface area contributed by atoms with Crippen molar-refractivity contribution in [2.75, 3.05) is 0 Å². The number of nitrogens with one attached hydrogen (secondary N) is 1. The van der Waals surface area contributed by atoms with Crippen molar-refractivity contribution in [1.82, 2.24) is 5.32 Å². The summed E-state index contributed by atoms with van der Waals surface area (Å²) < 4.78 is 18.6. The fourth-order valence-electron chi connectivity index (χ4n) is 1.41. The van der Waals surface area contributed by atoms with Gasteiger partial charge in [0.2, 0.25) is 0 Å². The predicted molar refractivity (Wildman–Crippen MR) is 48.6 cm³/mol. The van der Waals surface area contributed by atoms with Crippen molar-refractivity contribution in [2.45, 2.75) is 19.6 Å². The Balaban J connectivity index is 2.56. The van der Waals surface area contributed by atoms with Crippen LogP contribution in [0.2, 0.25) is 0 Å². The Bertz CT molecular complexity index is 401. The van der Waals surface area contributed by atoms with E-state index in [1.165, 1.54) is 18.2 Å². The monoisotopic (exact) mass is 195 g/mol. The van der Waals surface area contributed by atoms with E-state index in [4.69, 9.17) is 4.74 Å². The Kier molecular flexibility index (Phi) is 1.74. The molecule has 1 aliphatic heterocycles. The second-order valence-corrected chi connectivity index (χ2v) is 3.68. The van der Waals surface area contributed by atoms with E-state index in [1.54, 1.807) is 13.8 Å². The molecular formula is C10H10FNO2. The highest BCUT2D eigenvalue weighted by molar-refractivity contribution is 5.98. The van der Waals surface area contributed by atoms with E-state index in [0.717, 1.165) is 0 Å². The minimum atomic E-state index is -0.855. The largest absolute Gasteiger partial charge is 0.465 e. The normalized spacial score (nSPS) is 18.1. The van der Waals surface area contributed by atoms with Crippen LogP contribution in [0.5, 0.6) is 5.75 Å². The van der Waals surface area contributed by atoms with Gasteiger partial charge in [-0.05, 0) is 26.0 Å². The summed E-state index contributed by atoms with van der Waals surface area (Å²) in [6, 6.07) is 4.28. The van der Waals surface area contributed by atoms with Crippen LogP contribution in [-0.2, 0) is 0 Å². The summed E-state index contributed by atoms with van der Waals surface area (Å²) >= 11 is 0. The fraction of sp³-hybridized carbons (Fsp3) is 0.300. The maximum absolute atomic E-state index is 13.3. The lowest BCUT2D eigenvalue weighted by Crippen LogP contribution is -2.51. The van der Waals surface area contributed by atoms with E-state index in [0.29, 0.717) is 0 Å². The van der Waals surface area contributed by atoms with Crippen LogP contribution < -0.4 is 10.1 Å². The minimum Gasteiger partial charge on any atom is -0.465 e. The molecule has 1 amide bonds. The van der Waals surface area contributed by atoms with Crippen LogP contribution in [-0.4, -0.2) is 11.6 Å². The number of carbonyl (C=O) groups excluding carboxylic acids is 1. The number of ether oxygens (including phenoxy) is 1. The molecule has 14 heavy (non-hydrogen) atoms. The van der Waals surface area contributed by atoms with Crippen LogP contribution >= 0.6 is 0 Å². The van der Waals surface area contributed by atoms with Crippen molar-refractivity contribution in [3.63, 3.8) is 0 Å². The van der Waals surface area contributed by atoms with E-state index in [9.17, 15) is 9.18 Å². The SMILES string of the molecule is CC1(C)NC(=O)c2cccc(F)c2O1. The van der Waals surface area contributed by atoms with Gasteiger partial charge in [0, 0.05) is 0 Å². The number of halogens is 1. The van der Waals surface area contributed by atoms with E-state index in [2.05, 4.69) is 5.32 Å². The topological polar surface area (TPSA) is 38.3 Å². The molecule has 0 radical (unpaired) electrons. The van der Waals surface area contributed by atoms with Gasteiger partial charge in [0.25, 0.3) is 5.91 Å². The van der Waals surface area contributed by atoms with Gasteiger partial charge >= 0.3 is 0 Å². The zero-order valence-corrected chi connectivity index (χ0v) is 7.93. The lowest BCUT2D eigenvalue weighted by molar-refractivity contribution is 0.0404. The Hall–Kier alpha value is -1.58. The first-order valence-corrected chi connectivity index (χ1v) is 4.30. The number of carbonyl (C=O) groups is 1. The zero-order chi connectivity index (χ0) is 10.3. The molecule has 0 bridgehead atoms. The average molecular weight is 195 g/mol. The molecule has 0 aliphatic carbocycles. The summed E-state index contributed by atoms with van der Waals surface area (Å²) in [7, 11) is 0. The number of benzene rings is 1. The molecule has 0 saturated carbocycles. The van der Waals surface area contributed by atoms with Crippen LogP contribution in [0.15, 0.2) is 18.2 Å². The quantitative estimate of drug-likeness (QED) is 0.684. The van der Waals surface area contributed by atoms with Crippen molar-refractivity contribution < 1.29 is 13.9 Å². The third-order valence-corrected chi connectivity index (χ3v) is 1.98. The van der Waals surface area contributed by atoms with Gasteiger partial charge in [-0.3, -0.25) is 4.79 Å². The van der Waals surface area contributed by atoms with Crippen LogP contribution in [0.4, 0.5) is 4.39 Å². The van der Waals surface area contributed by atoms with Gasteiger partial charge in [-0.1, -0.05) is 6.07 Å². The summed E-state index contributed by atoms with van der Waals surface area (Å²) in [5, 5.41) is 2.61. The van der Waals surface area contributed by atoms with Gasteiger partial charge in [0.15, 0.2) is 17.3 Å². The molecule has 0 aromatic heterocycles. The van der Waals surface area contributed by atoms with Crippen molar-refractivity contribution in [3.05, 3.63) is 29.6 Å². The highest BCUT2D eigenvalue weighted by Gasteiger charge is 2.32. The van der Waals surface area contributed by atoms with Crippen molar-refractivity contribution in [3.8, 4) is 5.75 Å². The Morgan fingerprint density at radius 1 is 1.43 bits per heavy atom. The molecule has 4 heteroatoms. The highest BCUT2D eigenvalue weighted by atomic mass is 19.1. The number of amides is 1. The Labute approximate surface area is 80.9 Å². The first kappa shape index (κ1) is 8.99. The smallest absolute Gasteiger partial charge is 0.258 e. The van der Waals surface area contributed by atoms with Crippen molar-refractivity contribution >= 4 is 5.91 Å². The second kappa shape index (κ2) is 2.70. The van der Waals surface area contributed by atoms with Crippen molar-refractivity contribution in [1.29, 1.82) is 0 Å². The molecule has 0 spiro atoms. The Morgan fingerprint density at radius 2 is 2.14 bits per heavy atom. The summed E-state index contributed by atoms with van der Waals surface area (Å²) in [4.78, 5) is 11.5. The number of rotatable bonds is 0. The number of hydrogen-bond donors (Lipinski definition) is 1. The zero-order valence-electron chi connectivity index (χ0n) is 7.93. The molecule has 3 nitrogen and oxygen atoms in total. The molecular weight excluding hydrogens is 185 g/mol. The molecule has 74 valence electrons. The van der Waals surface area contributed by atoms with Gasteiger partial charge in [-0.15, -0.1) is 0 Å². The van der Waals surface area contributed by atoms with Gasteiger partial charge in [-0.25, -0.2) is 4.39 Å². The standard InChI is InChI=1S/C10H10FNO2/c1-10(2)12-9(13)6-4-3-5-7(11)8(6)14-10/h3-5H,1-2H3,(H,12,13). The van der Waals surface area contributed by atoms with Gasteiger partial charge in [0.1, 0.15) is 0 Å². The third kappa shape index (κ3) is 1.32. The van der Waals surface area contributed by atoms with Gasteiger partial charge in [0.05, 0.1) is 5.56 Å². The van der Waals surface area contributed by atoms with E-state index < -0.39 is 11.5 Å². The van der Waals surface area contributed by atoms with Crippen LogP contribution in [0, 0.1) is 5.82 Å². The van der Waals surface area contributed by atoms with E-state index >= 15 is 0 Å². The maximum atomic E-state index is 13.3. The molecule has 1 aromatic carbocycles. The first-order chi connectivity index (χ1) is 6.49. The first-order valence-electron chi connectivity index (χ1n) is 4.30. The molecule has 1 aliphatic rings. The van der Waals surface area contributed by atoms with Crippen LogP contribution in [0.25, 0.3) is 0 Å². The summed E-state index contributed by atoms with van der Waals surface area (Å²) in [5.41, 5.74) is -0.615. The Morgan fingerprint density at radius 3 is 2.86 bits per heavy atom. The molecule has 1 aromatic rings. The maximum Gasteiger partial charge on any atom is 0.258 e. The minimum absolute atomic E-state index is 0.0289. The molecule has 0 saturated heterocycles. The molecule has 2 rings (SSSR count). The average Bonchev–Trinajstić information content (AvgIpc) is 2.05. The van der Waals surface area contributed by atoms with Crippen LogP contribution in [0.1, 0.15) is 24.2 Å². The summed E-state index contributed by atoms with van der Waals surface area (Å²) in [6.07, 6.45) is 0. The molecule has 0 atom stereocenters. The number of fused-ring (bicyclic) bond motifs is 1. The highest BCUT2D eigenvalue weighted by Crippen LogP contribution is 2.29. The lowest BCUT2D eigenvalue weighted by atomic mass is 10.1. The fourth-order valence-corrected chi connectivity index (χ4v) is 1.41. The number of hydrogen-bond acceptors (Lipinski definition) is 2.